The van der Waals surface area contributed by atoms with Crippen LogP contribution >= 0.6 is 0 Å². The first-order valence-corrected chi connectivity index (χ1v) is 9.90. The molecule has 0 radical (unpaired) electrons. The number of aryl methyl sites for hydroxylation is 1. The van der Waals surface area contributed by atoms with E-state index in [0.717, 1.165) is 30.6 Å². The minimum absolute atomic E-state index is 0.115. The van der Waals surface area contributed by atoms with Crippen LogP contribution in [0.25, 0.3) is 11.1 Å². The number of nitrogens with zero attached hydrogens (tertiary/aromatic N) is 3. The third-order valence-electron chi connectivity index (χ3n) is 5.82. The first-order valence-electron chi connectivity index (χ1n) is 9.90. The lowest BCUT2D eigenvalue weighted by Crippen LogP contribution is -2.16. The molecule has 5 rings (SSSR count). The van der Waals surface area contributed by atoms with Gasteiger partial charge < -0.3 is 10.2 Å². The third kappa shape index (κ3) is 2.87. The normalized spacial score (nSPS) is 18.4. The lowest BCUT2D eigenvalue weighted by Gasteiger charge is -2.25. The Morgan fingerprint density at radius 3 is 2.82 bits per heavy atom. The van der Waals surface area contributed by atoms with Crippen LogP contribution in [0.2, 0.25) is 0 Å². The minimum atomic E-state index is 0.115. The van der Waals surface area contributed by atoms with Gasteiger partial charge in [0.15, 0.2) is 0 Å². The summed E-state index contributed by atoms with van der Waals surface area (Å²) in [5, 5.41) is 7.41. The highest BCUT2D eigenvalue weighted by atomic mass is 16.1. The molecule has 3 aromatic rings. The maximum atomic E-state index is 12.2. The SMILES string of the molecule is C[C@@H]1CC(=O)Nc2cccc(N3CCc4ccc(-c5cnn(C)c5)cc43)c2C1. The van der Waals surface area contributed by atoms with Gasteiger partial charge in [-0.05, 0) is 53.6 Å². The van der Waals surface area contributed by atoms with Crippen LogP contribution in [0.15, 0.2) is 48.8 Å². The molecule has 2 aliphatic heterocycles. The Hall–Kier alpha value is -3.08. The summed E-state index contributed by atoms with van der Waals surface area (Å²) < 4.78 is 1.83. The number of hydrogen-bond donors (Lipinski definition) is 1. The number of anilines is 3. The molecule has 0 aliphatic carbocycles. The number of carbonyl (C=O) groups excluding carboxylic acids is 1. The molecule has 1 amide bonds. The maximum Gasteiger partial charge on any atom is 0.224 e. The molecule has 1 aromatic heterocycles. The van der Waals surface area contributed by atoms with E-state index >= 15 is 0 Å². The topological polar surface area (TPSA) is 50.2 Å². The van der Waals surface area contributed by atoms with Crippen molar-refractivity contribution in [2.24, 2.45) is 13.0 Å². The van der Waals surface area contributed by atoms with E-state index in [-0.39, 0.29) is 5.91 Å². The summed E-state index contributed by atoms with van der Waals surface area (Å²) in [7, 11) is 1.94. The second-order valence-corrected chi connectivity index (χ2v) is 8.01. The highest BCUT2D eigenvalue weighted by molar-refractivity contribution is 5.94. The molecule has 5 nitrogen and oxygen atoms in total. The summed E-state index contributed by atoms with van der Waals surface area (Å²) in [6.07, 6.45) is 6.49. The average Bonchev–Trinajstić information content (AvgIpc) is 3.24. The van der Waals surface area contributed by atoms with Crippen molar-refractivity contribution >= 4 is 23.0 Å². The van der Waals surface area contributed by atoms with Crippen LogP contribution in [0.1, 0.15) is 24.5 Å². The molecule has 0 spiro atoms. The van der Waals surface area contributed by atoms with E-state index in [1.54, 1.807) is 0 Å². The van der Waals surface area contributed by atoms with Crippen molar-refractivity contribution < 1.29 is 4.79 Å². The molecule has 2 aromatic carbocycles. The number of nitrogens with one attached hydrogen (secondary N) is 1. The lowest BCUT2D eigenvalue weighted by atomic mass is 9.96. The Bertz CT molecular complexity index is 1070. The molecule has 0 unspecified atom stereocenters. The zero-order chi connectivity index (χ0) is 19.3. The zero-order valence-corrected chi connectivity index (χ0v) is 16.3. The van der Waals surface area contributed by atoms with Gasteiger partial charge in [0.2, 0.25) is 5.91 Å². The van der Waals surface area contributed by atoms with Gasteiger partial charge in [-0.2, -0.15) is 5.10 Å². The number of carbonyl (C=O) groups is 1. The van der Waals surface area contributed by atoms with Crippen LogP contribution < -0.4 is 10.2 Å². The van der Waals surface area contributed by atoms with Crippen molar-refractivity contribution in [1.29, 1.82) is 0 Å². The standard InChI is InChI=1S/C23H24N4O/c1-15-10-19-20(25-23(28)11-15)4-3-5-21(19)27-9-8-16-6-7-17(12-22(16)27)18-13-24-26(2)14-18/h3-7,12-15H,8-11H2,1-2H3,(H,25,28)/t15-/m0/s1. The highest BCUT2D eigenvalue weighted by Gasteiger charge is 2.27. The predicted octanol–water partition coefficient (Wildman–Crippen LogP) is 4.30. The molecular formula is C23H24N4O. The first-order chi connectivity index (χ1) is 13.6. The van der Waals surface area contributed by atoms with Crippen molar-refractivity contribution in [2.45, 2.75) is 26.2 Å². The van der Waals surface area contributed by atoms with E-state index in [9.17, 15) is 4.79 Å². The summed E-state index contributed by atoms with van der Waals surface area (Å²) in [6, 6.07) is 13.0. The molecule has 2 aliphatic rings. The maximum absolute atomic E-state index is 12.2. The van der Waals surface area contributed by atoms with Crippen molar-refractivity contribution in [3.8, 4) is 11.1 Å². The van der Waals surface area contributed by atoms with Crippen LogP contribution in [0.3, 0.4) is 0 Å². The fraction of sp³-hybridized carbons (Fsp3) is 0.304. The lowest BCUT2D eigenvalue weighted by molar-refractivity contribution is -0.116. The van der Waals surface area contributed by atoms with Gasteiger partial charge in [0.25, 0.3) is 0 Å². The van der Waals surface area contributed by atoms with E-state index in [0.29, 0.717) is 12.3 Å². The molecule has 142 valence electrons. The number of hydrogen-bond acceptors (Lipinski definition) is 3. The number of rotatable bonds is 2. The van der Waals surface area contributed by atoms with E-state index in [1.807, 2.05) is 36.3 Å². The molecular weight excluding hydrogens is 348 g/mol. The van der Waals surface area contributed by atoms with Gasteiger partial charge in [-0.3, -0.25) is 9.48 Å². The van der Waals surface area contributed by atoms with Crippen molar-refractivity contribution in [2.75, 3.05) is 16.8 Å². The fourth-order valence-electron chi connectivity index (χ4n) is 4.48. The molecule has 0 bridgehead atoms. The number of benzene rings is 2. The smallest absolute Gasteiger partial charge is 0.224 e. The van der Waals surface area contributed by atoms with Gasteiger partial charge in [0, 0.05) is 48.8 Å². The van der Waals surface area contributed by atoms with Gasteiger partial charge in [0.1, 0.15) is 0 Å². The van der Waals surface area contributed by atoms with E-state index in [1.165, 1.54) is 28.1 Å². The van der Waals surface area contributed by atoms with Crippen molar-refractivity contribution in [3.63, 3.8) is 0 Å². The van der Waals surface area contributed by atoms with E-state index in [2.05, 4.69) is 46.5 Å². The molecule has 28 heavy (non-hydrogen) atoms. The Morgan fingerprint density at radius 2 is 2.00 bits per heavy atom. The second kappa shape index (κ2) is 6.51. The molecule has 0 fully saturated rings. The number of aromatic nitrogens is 2. The summed E-state index contributed by atoms with van der Waals surface area (Å²) in [5.74, 6) is 0.454. The average molecular weight is 372 g/mol. The Labute approximate surface area is 165 Å². The quantitative estimate of drug-likeness (QED) is 0.730. The van der Waals surface area contributed by atoms with E-state index < -0.39 is 0 Å². The molecule has 1 N–H and O–H groups in total. The van der Waals surface area contributed by atoms with Crippen LogP contribution in [0, 0.1) is 5.92 Å². The van der Waals surface area contributed by atoms with Gasteiger partial charge in [-0.15, -0.1) is 0 Å². The zero-order valence-electron chi connectivity index (χ0n) is 16.3. The fourth-order valence-corrected chi connectivity index (χ4v) is 4.48. The molecule has 0 saturated carbocycles. The molecule has 0 saturated heterocycles. The monoisotopic (exact) mass is 372 g/mol. The van der Waals surface area contributed by atoms with E-state index in [4.69, 9.17) is 0 Å². The van der Waals surface area contributed by atoms with Crippen LogP contribution in [0.5, 0.6) is 0 Å². The van der Waals surface area contributed by atoms with Gasteiger partial charge in [-0.1, -0.05) is 25.1 Å². The largest absolute Gasteiger partial charge is 0.341 e. The Morgan fingerprint density at radius 1 is 1.11 bits per heavy atom. The molecule has 3 heterocycles. The van der Waals surface area contributed by atoms with Crippen LogP contribution in [-0.4, -0.2) is 22.2 Å². The molecule has 1 atom stereocenters. The first kappa shape index (κ1) is 17.0. The summed E-state index contributed by atoms with van der Waals surface area (Å²) in [5.41, 5.74) is 8.37. The highest BCUT2D eigenvalue weighted by Crippen LogP contribution is 2.42. The minimum Gasteiger partial charge on any atom is -0.341 e. The summed E-state index contributed by atoms with van der Waals surface area (Å²) in [6.45, 7) is 3.12. The van der Waals surface area contributed by atoms with Gasteiger partial charge in [0.05, 0.1) is 6.20 Å². The van der Waals surface area contributed by atoms with Crippen LogP contribution in [0.4, 0.5) is 17.1 Å². The van der Waals surface area contributed by atoms with Crippen molar-refractivity contribution in [1.82, 2.24) is 9.78 Å². The van der Waals surface area contributed by atoms with Crippen molar-refractivity contribution in [3.05, 3.63) is 59.9 Å². The van der Waals surface area contributed by atoms with Crippen LogP contribution in [-0.2, 0) is 24.7 Å². The number of fused-ring (bicyclic) bond motifs is 2. The van der Waals surface area contributed by atoms with Gasteiger partial charge in [-0.25, -0.2) is 0 Å². The number of amides is 1. The Kier molecular flexibility index (Phi) is 3.97. The summed E-state index contributed by atoms with van der Waals surface area (Å²) in [4.78, 5) is 14.6. The summed E-state index contributed by atoms with van der Waals surface area (Å²) >= 11 is 0. The second-order valence-electron chi connectivity index (χ2n) is 8.01. The predicted molar refractivity (Wildman–Crippen MR) is 112 cm³/mol. The van der Waals surface area contributed by atoms with Gasteiger partial charge >= 0.3 is 0 Å². The Balaban J connectivity index is 1.59. The molecule has 5 heteroatoms. The third-order valence-corrected chi connectivity index (χ3v) is 5.82.